The summed E-state index contributed by atoms with van der Waals surface area (Å²) in [6.07, 6.45) is 4.71. The minimum atomic E-state index is -0.0434. The average molecular weight is 448 g/mol. The van der Waals surface area contributed by atoms with Crippen LogP contribution in [0.15, 0.2) is 59.6 Å². The second kappa shape index (κ2) is 11.3. The van der Waals surface area contributed by atoms with E-state index >= 15 is 0 Å². The van der Waals surface area contributed by atoms with E-state index in [2.05, 4.69) is 67.9 Å². The molecule has 1 amide bonds. The minimum Gasteiger partial charge on any atom is -0.356 e. The monoisotopic (exact) mass is 447 g/mol. The van der Waals surface area contributed by atoms with Gasteiger partial charge in [-0.1, -0.05) is 42.5 Å². The molecule has 6 heteroatoms. The first-order valence-electron chi connectivity index (χ1n) is 12.2. The molecule has 0 bridgehead atoms. The predicted molar refractivity (Wildman–Crippen MR) is 135 cm³/mol. The van der Waals surface area contributed by atoms with Gasteiger partial charge in [0, 0.05) is 51.9 Å². The van der Waals surface area contributed by atoms with Gasteiger partial charge in [-0.2, -0.15) is 0 Å². The van der Waals surface area contributed by atoms with Crippen LogP contribution in [0.4, 0.5) is 5.69 Å². The van der Waals surface area contributed by atoms with E-state index in [-0.39, 0.29) is 5.91 Å². The summed E-state index contributed by atoms with van der Waals surface area (Å²) >= 11 is 0. The zero-order valence-corrected chi connectivity index (χ0v) is 20.0. The third-order valence-corrected chi connectivity index (χ3v) is 6.89. The summed E-state index contributed by atoms with van der Waals surface area (Å²) in [7, 11) is 1.89. The number of piperidine rings is 2. The van der Waals surface area contributed by atoms with Crippen LogP contribution in [0.1, 0.15) is 37.3 Å². The lowest BCUT2D eigenvalue weighted by molar-refractivity contribution is -0.114. The molecule has 0 radical (unpaired) electrons. The summed E-state index contributed by atoms with van der Waals surface area (Å²) in [5.41, 5.74) is 3.50. The van der Waals surface area contributed by atoms with E-state index in [9.17, 15) is 4.79 Å². The van der Waals surface area contributed by atoms with Gasteiger partial charge in [0.2, 0.25) is 5.91 Å². The summed E-state index contributed by atoms with van der Waals surface area (Å²) in [5, 5.41) is 6.39. The van der Waals surface area contributed by atoms with Crippen molar-refractivity contribution in [1.29, 1.82) is 0 Å². The standard InChI is InChI=1S/C27H37N5O/c1-21(33)30-25-12-10-22(11-13-25)14-16-29-27(28-2)32-18-15-26-24(20-32)9-6-17-31(26)19-23-7-4-3-5-8-23/h3-5,7-8,10-13,24,26H,6,9,14-20H2,1-2H3,(H,28,29)(H,30,33). The highest BCUT2D eigenvalue weighted by atomic mass is 16.1. The topological polar surface area (TPSA) is 60.0 Å². The van der Waals surface area contributed by atoms with Gasteiger partial charge < -0.3 is 15.5 Å². The number of nitrogens with one attached hydrogen (secondary N) is 2. The molecule has 6 nitrogen and oxygen atoms in total. The number of carbonyl (C=O) groups excluding carboxylic acids is 1. The van der Waals surface area contributed by atoms with Crippen molar-refractivity contribution < 1.29 is 4.79 Å². The zero-order valence-electron chi connectivity index (χ0n) is 20.0. The van der Waals surface area contributed by atoms with Crippen molar-refractivity contribution in [1.82, 2.24) is 15.1 Å². The second-order valence-corrected chi connectivity index (χ2v) is 9.26. The van der Waals surface area contributed by atoms with E-state index in [1.807, 2.05) is 19.2 Å². The van der Waals surface area contributed by atoms with E-state index < -0.39 is 0 Å². The average Bonchev–Trinajstić information content (AvgIpc) is 2.83. The van der Waals surface area contributed by atoms with Crippen molar-refractivity contribution in [3.63, 3.8) is 0 Å². The van der Waals surface area contributed by atoms with Gasteiger partial charge in [-0.25, -0.2) is 0 Å². The largest absolute Gasteiger partial charge is 0.356 e. The SMILES string of the molecule is CN=C(NCCc1ccc(NC(C)=O)cc1)N1CCC2C(CCCN2Cc2ccccc2)C1. The predicted octanol–water partition coefficient (Wildman–Crippen LogP) is 3.75. The summed E-state index contributed by atoms with van der Waals surface area (Å²) in [6, 6.07) is 19.6. The van der Waals surface area contributed by atoms with Crippen LogP contribution in [0.25, 0.3) is 0 Å². The Morgan fingerprint density at radius 1 is 1.03 bits per heavy atom. The van der Waals surface area contributed by atoms with Gasteiger partial charge in [-0.15, -0.1) is 0 Å². The van der Waals surface area contributed by atoms with Gasteiger partial charge in [0.15, 0.2) is 5.96 Å². The first-order valence-corrected chi connectivity index (χ1v) is 12.2. The molecule has 2 atom stereocenters. The van der Waals surface area contributed by atoms with Crippen molar-refractivity contribution in [3.05, 3.63) is 65.7 Å². The maximum absolute atomic E-state index is 11.2. The number of benzene rings is 2. The van der Waals surface area contributed by atoms with Crippen molar-refractivity contribution in [2.75, 3.05) is 38.5 Å². The van der Waals surface area contributed by atoms with Crippen LogP contribution < -0.4 is 10.6 Å². The number of aliphatic imine (C=N–C) groups is 1. The highest BCUT2D eigenvalue weighted by Crippen LogP contribution is 2.31. The molecule has 0 aromatic heterocycles. The molecule has 2 unspecified atom stereocenters. The summed E-state index contributed by atoms with van der Waals surface area (Å²) in [4.78, 5) is 20.9. The fourth-order valence-electron chi connectivity index (χ4n) is 5.32. The normalized spacial score (nSPS) is 21.4. The summed E-state index contributed by atoms with van der Waals surface area (Å²) in [5.74, 6) is 1.68. The van der Waals surface area contributed by atoms with Crippen molar-refractivity contribution in [2.24, 2.45) is 10.9 Å². The number of likely N-dealkylation sites (tertiary alicyclic amines) is 2. The van der Waals surface area contributed by atoms with Gasteiger partial charge in [0.1, 0.15) is 0 Å². The Kier molecular flexibility index (Phi) is 8.00. The summed E-state index contributed by atoms with van der Waals surface area (Å²) in [6.45, 7) is 6.79. The van der Waals surface area contributed by atoms with E-state index in [0.29, 0.717) is 12.0 Å². The molecule has 2 fully saturated rings. The highest BCUT2D eigenvalue weighted by molar-refractivity contribution is 5.88. The maximum atomic E-state index is 11.2. The lowest BCUT2D eigenvalue weighted by Crippen LogP contribution is -2.56. The van der Waals surface area contributed by atoms with E-state index in [0.717, 1.165) is 44.2 Å². The lowest BCUT2D eigenvalue weighted by Gasteiger charge is -2.48. The smallest absolute Gasteiger partial charge is 0.221 e. The van der Waals surface area contributed by atoms with Gasteiger partial charge in [0.25, 0.3) is 0 Å². The first kappa shape index (κ1) is 23.3. The number of amides is 1. The molecule has 0 saturated carbocycles. The molecular weight excluding hydrogens is 410 g/mol. The number of anilines is 1. The number of nitrogens with zero attached hydrogens (tertiary/aromatic N) is 3. The fourth-order valence-corrected chi connectivity index (χ4v) is 5.32. The number of guanidine groups is 1. The Morgan fingerprint density at radius 3 is 2.55 bits per heavy atom. The molecule has 2 heterocycles. The Bertz CT molecular complexity index is 927. The van der Waals surface area contributed by atoms with Gasteiger partial charge in [-0.3, -0.25) is 14.7 Å². The van der Waals surface area contributed by atoms with Crippen molar-refractivity contribution in [2.45, 2.75) is 45.2 Å². The third-order valence-electron chi connectivity index (χ3n) is 6.89. The summed E-state index contributed by atoms with van der Waals surface area (Å²) < 4.78 is 0. The molecule has 2 aliphatic rings. The minimum absolute atomic E-state index is 0.0434. The molecule has 4 rings (SSSR count). The van der Waals surface area contributed by atoms with Crippen LogP contribution >= 0.6 is 0 Å². The fraction of sp³-hybridized carbons (Fsp3) is 0.481. The molecule has 0 spiro atoms. The molecule has 33 heavy (non-hydrogen) atoms. The molecule has 0 aliphatic carbocycles. The Morgan fingerprint density at radius 2 is 1.82 bits per heavy atom. The van der Waals surface area contributed by atoms with Crippen molar-refractivity contribution >= 4 is 17.6 Å². The van der Waals surface area contributed by atoms with Crippen LogP contribution in [-0.4, -0.2) is 60.9 Å². The number of hydrogen-bond acceptors (Lipinski definition) is 3. The van der Waals surface area contributed by atoms with E-state index in [1.54, 1.807) is 0 Å². The van der Waals surface area contributed by atoms with Crippen LogP contribution in [0.3, 0.4) is 0 Å². The van der Waals surface area contributed by atoms with Crippen LogP contribution in [-0.2, 0) is 17.8 Å². The molecule has 2 aliphatic heterocycles. The number of rotatable bonds is 6. The number of carbonyl (C=O) groups is 1. The van der Waals surface area contributed by atoms with Gasteiger partial charge in [0.05, 0.1) is 0 Å². The Balaban J connectivity index is 1.27. The van der Waals surface area contributed by atoms with Crippen LogP contribution in [0.5, 0.6) is 0 Å². The molecular formula is C27H37N5O. The van der Waals surface area contributed by atoms with Crippen LogP contribution in [0.2, 0.25) is 0 Å². The quantitative estimate of drug-likeness (QED) is 0.523. The van der Waals surface area contributed by atoms with E-state index in [4.69, 9.17) is 0 Å². The lowest BCUT2D eigenvalue weighted by atomic mass is 9.83. The number of hydrogen-bond donors (Lipinski definition) is 2. The van der Waals surface area contributed by atoms with E-state index in [1.165, 1.54) is 43.9 Å². The Hall–Kier alpha value is -2.86. The molecule has 2 aromatic carbocycles. The van der Waals surface area contributed by atoms with Crippen molar-refractivity contribution in [3.8, 4) is 0 Å². The third kappa shape index (κ3) is 6.35. The molecule has 2 aromatic rings. The number of fused-ring (bicyclic) bond motifs is 1. The second-order valence-electron chi connectivity index (χ2n) is 9.26. The highest BCUT2D eigenvalue weighted by Gasteiger charge is 2.36. The maximum Gasteiger partial charge on any atom is 0.221 e. The molecule has 2 N–H and O–H groups in total. The van der Waals surface area contributed by atoms with Gasteiger partial charge in [-0.05, 0) is 61.4 Å². The molecule has 176 valence electrons. The van der Waals surface area contributed by atoms with Crippen LogP contribution in [0, 0.1) is 5.92 Å². The van der Waals surface area contributed by atoms with Gasteiger partial charge >= 0.3 is 0 Å². The zero-order chi connectivity index (χ0) is 23.0. The first-order chi connectivity index (χ1) is 16.1. The Labute approximate surface area is 198 Å². The molecule has 2 saturated heterocycles.